The van der Waals surface area contributed by atoms with Gasteiger partial charge in [-0.1, -0.05) is 12.1 Å². The van der Waals surface area contributed by atoms with E-state index in [1.165, 1.54) is 36.2 Å². The molecule has 108 valence electrons. The van der Waals surface area contributed by atoms with Crippen LogP contribution in [-0.2, 0) is 5.75 Å². The van der Waals surface area contributed by atoms with Crippen LogP contribution >= 0.6 is 27.7 Å². The van der Waals surface area contributed by atoms with Crippen molar-refractivity contribution in [2.24, 2.45) is 0 Å². The molecule has 1 aromatic heterocycles. The number of pyridine rings is 1. The van der Waals surface area contributed by atoms with E-state index in [2.05, 4.69) is 20.9 Å². The van der Waals surface area contributed by atoms with Crippen molar-refractivity contribution in [2.75, 3.05) is 0 Å². The highest BCUT2D eigenvalue weighted by Crippen LogP contribution is 2.32. The Morgan fingerprint density at radius 3 is 2.86 bits per heavy atom. The first-order chi connectivity index (χ1) is 9.99. The quantitative estimate of drug-likeness (QED) is 0.490. The predicted molar refractivity (Wildman–Crippen MR) is 81.6 cm³/mol. The zero-order valence-electron chi connectivity index (χ0n) is 10.5. The van der Waals surface area contributed by atoms with E-state index >= 15 is 0 Å². The summed E-state index contributed by atoms with van der Waals surface area (Å²) < 4.78 is 0.428. The number of aromatic nitrogens is 1. The summed E-state index contributed by atoms with van der Waals surface area (Å²) in [6.45, 7) is 0. The van der Waals surface area contributed by atoms with Gasteiger partial charge < -0.3 is 5.11 Å². The highest BCUT2D eigenvalue weighted by atomic mass is 79.9. The molecule has 0 radical (unpaired) electrons. The number of nitro groups is 1. The molecule has 6 nitrogen and oxygen atoms in total. The van der Waals surface area contributed by atoms with Crippen LogP contribution in [0.25, 0.3) is 0 Å². The first-order valence-electron chi connectivity index (χ1n) is 5.73. The fourth-order valence-electron chi connectivity index (χ4n) is 1.59. The second-order valence-electron chi connectivity index (χ2n) is 3.98. The molecule has 0 atom stereocenters. The summed E-state index contributed by atoms with van der Waals surface area (Å²) in [5, 5.41) is 20.3. The molecule has 2 rings (SSSR count). The van der Waals surface area contributed by atoms with E-state index < -0.39 is 10.9 Å². The molecule has 2 aromatic rings. The maximum Gasteiger partial charge on any atom is 0.335 e. The molecule has 0 amide bonds. The Morgan fingerprint density at radius 2 is 2.19 bits per heavy atom. The normalized spacial score (nSPS) is 10.3. The summed E-state index contributed by atoms with van der Waals surface area (Å²) in [6.07, 6.45) is 1.42. The molecule has 0 spiro atoms. The van der Waals surface area contributed by atoms with Gasteiger partial charge in [0.2, 0.25) is 0 Å². The molecule has 0 aliphatic heterocycles. The lowest BCUT2D eigenvalue weighted by atomic mass is 10.2. The van der Waals surface area contributed by atoms with Gasteiger partial charge >= 0.3 is 5.97 Å². The van der Waals surface area contributed by atoms with Crippen molar-refractivity contribution in [3.8, 4) is 0 Å². The van der Waals surface area contributed by atoms with Crippen LogP contribution in [0.15, 0.2) is 46.0 Å². The molecule has 0 saturated carbocycles. The maximum atomic E-state index is 10.9. The Kier molecular flexibility index (Phi) is 4.92. The minimum atomic E-state index is -1.02. The molecule has 8 heteroatoms. The Balaban J connectivity index is 2.17. The van der Waals surface area contributed by atoms with Crippen LogP contribution in [0.1, 0.15) is 15.9 Å². The highest BCUT2D eigenvalue weighted by molar-refractivity contribution is 9.10. The van der Waals surface area contributed by atoms with E-state index in [4.69, 9.17) is 5.11 Å². The lowest BCUT2D eigenvalue weighted by Gasteiger charge is -2.05. The fourth-order valence-corrected chi connectivity index (χ4v) is 3.22. The Morgan fingerprint density at radius 1 is 1.43 bits per heavy atom. The van der Waals surface area contributed by atoms with Crippen LogP contribution in [0.4, 0.5) is 5.69 Å². The molecule has 0 aliphatic carbocycles. The van der Waals surface area contributed by atoms with E-state index in [1.807, 2.05) is 0 Å². The van der Waals surface area contributed by atoms with Gasteiger partial charge in [-0.2, -0.15) is 0 Å². The Hall–Kier alpha value is -1.93. The number of nitro benzene ring substituents is 1. The largest absolute Gasteiger partial charge is 0.478 e. The predicted octanol–water partition coefficient (Wildman–Crippen LogP) is 3.74. The van der Waals surface area contributed by atoms with Crippen molar-refractivity contribution in [1.82, 2.24) is 4.98 Å². The Bertz CT molecular complexity index is 708. The molecular formula is C13H9BrN2O4S. The van der Waals surface area contributed by atoms with Gasteiger partial charge in [0.15, 0.2) is 0 Å². The number of thioether (sulfide) groups is 1. The lowest BCUT2D eigenvalue weighted by molar-refractivity contribution is -0.385. The number of hydrogen-bond donors (Lipinski definition) is 1. The van der Waals surface area contributed by atoms with Gasteiger partial charge in [-0.15, -0.1) is 11.8 Å². The molecule has 1 heterocycles. The van der Waals surface area contributed by atoms with E-state index in [0.717, 1.165) is 5.56 Å². The van der Waals surface area contributed by atoms with Crippen molar-refractivity contribution < 1.29 is 14.8 Å². The standard InChI is InChI=1S/C13H9BrN2O4S/c14-12-9(2-1-3-10(12)16(19)20)7-21-11-6-8(13(17)18)4-5-15-11/h1-6H,7H2,(H,17,18). The van der Waals surface area contributed by atoms with Crippen LogP contribution in [0, 0.1) is 10.1 Å². The monoisotopic (exact) mass is 368 g/mol. The average Bonchev–Trinajstić information content (AvgIpc) is 2.46. The van der Waals surface area contributed by atoms with Crippen LogP contribution in [0.2, 0.25) is 0 Å². The number of halogens is 1. The summed E-state index contributed by atoms with van der Waals surface area (Å²) in [4.78, 5) is 25.4. The van der Waals surface area contributed by atoms with Gasteiger partial charge in [0.25, 0.3) is 5.69 Å². The molecule has 0 fully saturated rings. The first kappa shape index (κ1) is 15.5. The van der Waals surface area contributed by atoms with Crippen molar-refractivity contribution >= 4 is 39.3 Å². The maximum absolute atomic E-state index is 10.9. The number of hydrogen-bond acceptors (Lipinski definition) is 5. The summed E-state index contributed by atoms with van der Waals surface area (Å²) in [7, 11) is 0. The molecule has 0 saturated heterocycles. The SMILES string of the molecule is O=C(O)c1ccnc(SCc2cccc([N+](=O)[O-])c2Br)c1. The van der Waals surface area contributed by atoms with Gasteiger partial charge in [0.1, 0.15) is 0 Å². The first-order valence-corrected chi connectivity index (χ1v) is 7.51. The molecular weight excluding hydrogens is 360 g/mol. The number of carboxylic acids is 1. The Labute approximate surface area is 132 Å². The molecule has 0 aliphatic rings. The minimum Gasteiger partial charge on any atom is -0.478 e. The van der Waals surface area contributed by atoms with Gasteiger partial charge in [-0.05, 0) is 33.6 Å². The van der Waals surface area contributed by atoms with Crippen molar-refractivity contribution in [3.63, 3.8) is 0 Å². The van der Waals surface area contributed by atoms with Crippen LogP contribution in [0.3, 0.4) is 0 Å². The van der Waals surface area contributed by atoms with E-state index in [1.54, 1.807) is 12.1 Å². The van der Waals surface area contributed by atoms with Crippen molar-refractivity contribution in [3.05, 3.63) is 62.2 Å². The number of aromatic carboxylic acids is 1. The number of carboxylic acid groups (broad SMARTS) is 1. The van der Waals surface area contributed by atoms with Crippen LogP contribution in [-0.4, -0.2) is 21.0 Å². The number of carbonyl (C=O) groups is 1. The smallest absolute Gasteiger partial charge is 0.335 e. The van der Waals surface area contributed by atoms with Gasteiger partial charge in [-0.25, -0.2) is 9.78 Å². The molecule has 0 unspecified atom stereocenters. The van der Waals surface area contributed by atoms with Gasteiger partial charge in [0, 0.05) is 18.0 Å². The lowest BCUT2D eigenvalue weighted by Crippen LogP contribution is -1.97. The second-order valence-corrected chi connectivity index (χ2v) is 5.77. The summed E-state index contributed by atoms with van der Waals surface area (Å²) >= 11 is 4.54. The highest BCUT2D eigenvalue weighted by Gasteiger charge is 2.15. The minimum absolute atomic E-state index is 0.000320. The third kappa shape index (κ3) is 3.79. The zero-order chi connectivity index (χ0) is 15.4. The average molecular weight is 369 g/mol. The van der Waals surface area contributed by atoms with Crippen molar-refractivity contribution in [1.29, 1.82) is 0 Å². The van der Waals surface area contributed by atoms with E-state index in [9.17, 15) is 14.9 Å². The number of nitrogens with zero attached hydrogens (tertiary/aromatic N) is 2. The zero-order valence-corrected chi connectivity index (χ0v) is 12.9. The van der Waals surface area contributed by atoms with Crippen molar-refractivity contribution in [2.45, 2.75) is 10.8 Å². The molecule has 1 N–H and O–H groups in total. The summed E-state index contributed by atoms with van der Waals surface area (Å²) in [6, 6.07) is 7.68. The topological polar surface area (TPSA) is 93.3 Å². The molecule has 21 heavy (non-hydrogen) atoms. The molecule has 1 aromatic carbocycles. The second kappa shape index (κ2) is 6.68. The van der Waals surface area contributed by atoms with Gasteiger partial charge in [0.05, 0.1) is 20.0 Å². The van der Waals surface area contributed by atoms with E-state index in [0.29, 0.717) is 15.3 Å². The summed E-state index contributed by atoms with van der Waals surface area (Å²) in [5.41, 5.74) is 0.905. The number of benzene rings is 1. The fraction of sp³-hybridized carbons (Fsp3) is 0.0769. The van der Waals surface area contributed by atoms with Crippen LogP contribution < -0.4 is 0 Å². The third-order valence-corrected chi connectivity index (χ3v) is 4.50. The van der Waals surface area contributed by atoms with Crippen LogP contribution in [0.5, 0.6) is 0 Å². The van der Waals surface area contributed by atoms with E-state index in [-0.39, 0.29) is 11.3 Å². The number of rotatable bonds is 5. The summed E-state index contributed by atoms with van der Waals surface area (Å²) in [5.74, 6) is -0.575. The van der Waals surface area contributed by atoms with Gasteiger partial charge in [-0.3, -0.25) is 10.1 Å². The third-order valence-electron chi connectivity index (χ3n) is 2.61. The molecule has 0 bridgehead atoms.